The van der Waals surface area contributed by atoms with Crippen LogP contribution < -0.4 is 15.2 Å². The third-order valence-corrected chi connectivity index (χ3v) is 2.18. The summed E-state index contributed by atoms with van der Waals surface area (Å²) in [7, 11) is 1.64. The molecule has 0 aliphatic rings. The van der Waals surface area contributed by atoms with Crippen LogP contribution in [0.25, 0.3) is 0 Å². The zero-order valence-electron chi connectivity index (χ0n) is 9.86. The van der Waals surface area contributed by atoms with Gasteiger partial charge in [0.15, 0.2) is 6.79 Å². The maximum atomic E-state index is 5.55. The van der Waals surface area contributed by atoms with Crippen LogP contribution in [0, 0.1) is 0 Å². The third-order valence-electron chi connectivity index (χ3n) is 2.18. The second-order valence-electron chi connectivity index (χ2n) is 3.27. The number of hydrogen-bond donors (Lipinski definition) is 1. The van der Waals surface area contributed by atoms with Crippen molar-refractivity contribution in [2.45, 2.75) is 13.3 Å². The van der Waals surface area contributed by atoms with Crippen LogP contribution in [0.3, 0.4) is 0 Å². The fraction of sp³-hybridized carbons (Fsp3) is 0.500. The SMILES string of the molecule is CCOCOc1ccc(OC)cc1CCN. The van der Waals surface area contributed by atoms with Gasteiger partial charge < -0.3 is 19.9 Å². The molecule has 0 amide bonds. The Labute approximate surface area is 96.3 Å². The number of hydrogen-bond acceptors (Lipinski definition) is 4. The topological polar surface area (TPSA) is 53.7 Å². The molecule has 0 saturated heterocycles. The number of rotatable bonds is 7. The van der Waals surface area contributed by atoms with Gasteiger partial charge in [-0.15, -0.1) is 0 Å². The standard InChI is InChI=1S/C12H19NO3/c1-3-15-9-16-12-5-4-11(14-2)8-10(12)6-7-13/h4-5,8H,3,6-7,9,13H2,1-2H3. The van der Waals surface area contributed by atoms with E-state index in [9.17, 15) is 0 Å². The predicted molar refractivity (Wildman–Crippen MR) is 62.9 cm³/mol. The minimum atomic E-state index is 0.264. The summed E-state index contributed by atoms with van der Waals surface area (Å²) >= 11 is 0. The normalized spacial score (nSPS) is 10.2. The molecule has 4 nitrogen and oxygen atoms in total. The molecule has 0 aromatic heterocycles. The van der Waals surface area contributed by atoms with Crippen molar-refractivity contribution in [3.8, 4) is 11.5 Å². The Hall–Kier alpha value is -1.26. The molecular weight excluding hydrogens is 206 g/mol. The molecule has 0 spiro atoms. The molecule has 0 unspecified atom stereocenters. The lowest BCUT2D eigenvalue weighted by Gasteiger charge is -2.12. The van der Waals surface area contributed by atoms with Gasteiger partial charge in [-0.2, -0.15) is 0 Å². The zero-order valence-corrected chi connectivity index (χ0v) is 9.86. The van der Waals surface area contributed by atoms with Gasteiger partial charge in [-0.3, -0.25) is 0 Å². The van der Waals surface area contributed by atoms with Crippen molar-refractivity contribution in [1.29, 1.82) is 0 Å². The van der Waals surface area contributed by atoms with Crippen LogP contribution in [0.1, 0.15) is 12.5 Å². The van der Waals surface area contributed by atoms with E-state index in [0.717, 1.165) is 23.5 Å². The summed E-state index contributed by atoms with van der Waals surface area (Å²) in [4.78, 5) is 0. The van der Waals surface area contributed by atoms with Crippen molar-refractivity contribution >= 4 is 0 Å². The highest BCUT2D eigenvalue weighted by Gasteiger charge is 2.05. The lowest BCUT2D eigenvalue weighted by Crippen LogP contribution is -2.08. The highest BCUT2D eigenvalue weighted by atomic mass is 16.7. The molecule has 90 valence electrons. The van der Waals surface area contributed by atoms with E-state index in [0.29, 0.717) is 13.2 Å². The summed E-state index contributed by atoms with van der Waals surface area (Å²) in [6.45, 7) is 3.42. The van der Waals surface area contributed by atoms with Crippen LogP contribution >= 0.6 is 0 Å². The van der Waals surface area contributed by atoms with Gasteiger partial charge in [-0.1, -0.05) is 0 Å². The van der Waals surface area contributed by atoms with E-state index in [1.165, 1.54) is 0 Å². The molecule has 0 heterocycles. The first-order valence-electron chi connectivity index (χ1n) is 5.39. The number of benzene rings is 1. The molecule has 0 atom stereocenters. The molecule has 1 rings (SSSR count). The van der Waals surface area contributed by atoms with E-state index in [1.807, 2.05) is 25.1 Å². The van der Waals surface area contributed by atoms with Crippen molar-refractivity contribution < 1.29 is 14.2 Å². The fourth-order valence-electron chi connectivity index (χ4n) is 1.36. The minimum absolute atomic E-state index is 0.264. The van der Waals surface area contributed by atoms with Gasteiger partial charge in [0.1, 0.15) is 11.5 Å². The van der Waals surface area contributed by atoms with Gasteiger partial charge >= 0.3 is 0 Å². The molecule has 0 bridgehead atoms. The Morgan fingerprint density at radius 2 is 2.12 bits per heavy atom. The molecule has 0 radical (unpaired) electrons. The molecule has 0 aliphatic heterocycles. The van der Waals surface area contributed by atoms with Crippen molar-refractivity contribution in [3.63, 3.8) is 0 Å². The summed E-state index contributed by atoms with van der Waals surface area (Å²) in [6.07, 6.45) is 0.763. The first-order chi connectivity index (χ1) is 7.81. The smallest absolute Gasteiger partial charge is 0.189 e. The summed E-state index contributed by atoms with van der Waals surface area (Å²) in [5.41, 5.74) is 6.59. The maximum Gasteiger partial charge on any atom is 0.189 e. The van der Waals surface area contributed by atoms with Crippen LogP contribution in [0.2, 0.25) is 0 Å². The van der Waals surface area contributed by atoms with Crippen molar-refractivity contribution in [2.75, 3.05) is 27.1 Å². The lowest BCUT2D eigenvalue weighted by atomic mass is 10.1. The zero-order chi connectivity index (χ0) is 11.8. The molecule has 1 aromatic rings. The maximum absolute atomic E-state index is 5.55. The monoisotopic (exact) mass is 225 g/mol. The van der Waals surface area contributed by atoms with Crippen LogP contribution in [-0.4, -0.2) is 27.1 Å². The second kappa shape index (κ2) is 7.09. The Morgan fingerprint density at radius 1 is 1.31 bits per heavy atom. The van der Waals surface area contributed by atoms with E-state index in [-0.39, 0.29) is 6.79 Å². The fourth-order valence-corrected chi connectivity index (χ4v) is 1.36. The Bertz CT molecular complexity index is 315. The van der Waals surface area contributed by atoms with Gasteiger partial charge in [0.25, 0.3) is 0 Å². The average molecular weight is 225 g/mol. The number of ether oxygens (including phenoxy) is 3. The van der Waals surface area contributed by atoms with Crippen molar-refractivity contribution in [3.05, 3.63) is 23.8 Å². The van der Waals surface area contributed by atoms with Crippen LogP contribution in [-0.2, 0) is 11.2 Å². The van der Waals surface area contributed by atoms with E-state index in [1.54, 1.807) is 7.11 Å². The largest absolute Gasteiger partial charge is 0.497 e. The quantitative estimate of drug-likeness (QED) is 0.565. The van der Waals surface area contributed by atoms with Gasteiger partial charge in [-0.05, 0) is 43.7 Å². The number of nitrogens with two attached hydrogens (primary N) is 1. The average Bonchev–Trinajstić information content (AvgIpc) is 2.31. The van der Waals surface area contributed by atoms with Crippen LogP contribution in [0.4, 0.5) is 0 Å². The Morgan fingerprint density at radius 3 is 2.75 bits per heavy atom. The van der Waals surface area contributed by atoms with Gasteiger partial charge in [-0.25, -0.2) is 0 Å². The van der Waals surface area contributed by atoms with Gasteiger partial charge in [0.05, 0.1) is 7.11 Å². The predicted octanol–water partition coefficient (Wildman–Crippen LogP) is 1.57. The van der Waals surface area contributed by atoms with Gasteiger partial charge in [0, 0.05) is 6.61 Å². The van der Waals surface area contributed by atoms with E-state index in [4.69, 9.17) is 19.9 Å². The molecule has 0 saturated carbocycles. The molecule has 1 aromatic carbocycles. The van der Waals surface area contributed by atoms with Crippen LogP contribution in [0.15, 0.2) is 18.2 Å². The number of methoxy groups -OCH3 is 1. The van der Waals surface area contributed by atoms with E-state index < -0.39 is 0 Å². The Kier molecular flexibility index (Phi) is 5.67. The first kappa shape index (κ1) is 12.8. The summed E-state index contributed by atoms with van der Waals surface area (Å²) in [5, 5.41) is 0. The van der Waals surface area contributed by atoms with Gasteiger partial charge in [0.2, 0.25) is 0 Å². The van der Waals surface area contributed by atoms with Crippen LogP contribution in [0.5, 0.6) is 11.5 Å². The minimum Gasteiger partial charge on any atom is -0.497 e. The van der Waals surface area contributed by atoms with Crippen molar-refractivity contribution in [2.24, 2.45) is 5.73 Å². The van der Waals surface area contributed by atoms with E-state index in [2.05, 4.69) is 0 Å². The first-order valence-corrected chi connectivity index (χ1v) is 5.39. The molecule has 2 N–H and O–H groups in total. The molecular formula is C12H19NO3. The second-order valence-corrected chi connectivity index (χ2v) is 3.27. The van der Waals surface area contributed by atoms with E-state index >= 15 is 0 Å². The molecule has 16 heavy (non-hydrogen) atoms. The molecule has 4 heteroatoms. The summed E-state index contributed by atoms with van der Waals surface area (Å²) < 4.78 is 15.8. The summed E-state index contributed by atoms with van der Waals surface area (Å²) in [5.74, 6) is 1.62. The highest BCUT2D eigenvalue weighted by Crippen LogP contribution is 2.24. The molecule has 0 aliphatic carbocycles. The third kappa shape index (κ3) is 3.72. The van der Waals surface area contributed by atoms with Crippen molar-refractivity contribution in [1.82, 2.24) is 0 Å². The highest BCUT2D eigenvalue weighted by molar-refractivity contribution is 5.40. The Balaban J connectivity index is 2.72. The molecule has 0 fully saturated rings. The lowest BCUT2D eigenvalue weighted by molar-refractivity contribution is 0.0218. The summed E-state index contributed by atoms with van der Waals surface area (Å²) in [6, 6.07) is 5.68.